The van der Waals surface area contributed by atoms with E-state index in [1.54, 1.807) is 6.20 Å². The van der Waals surface area contributed by atoms with Crippen LogP contribution in [-0.4, -0.2) is 59.9 Å². The van der Waals surface area contributed by atoms with E-state index in [2.05, 4.69) is 19.9 Å². The average Bonchev–Trinajstić information content (AvgIpc) is 3.07. The molecule has 0 aliphatic carbocycles. The number of morpholine rings is 1. The Morgan fingerprint density at radius 1 is 1.33 bits per heavy atom. The van der Waals surface area contributed by atoms with Crippen LogP contribution in [-0.2, 0) is 14.2 Å². The van der Waals surface area contributed by atoms with Crippen molar-refractivity contribution in [2.75, 3.05) is 37.0 Å². The van der Waals surface area contributed by atoms with Crippen molar-refractivity contribution in [2.45, 2.75) is 44.1 Å². The maximum absolute atomic E-state index is 11.6. The second-order valence-electron chi connectivity index (χ2n) is 7.31. The molecule has 4 aliphatic heterocycles. The molecule has 9 heteroatoms. The van der Waals surface area contributed by atoms with Crippen molar-refractivity contribution in [3.8, 4) is 0 Å². The van der Waals surface area contributed by atoms with E-state index >= 15 is 0 Å². The number of nitrogens with one attached hydrogen (secondary N) is 1. The Hall–Kier alpha value is -2.39. The molecule has 4 aliphatic rings. The van der Waals surface area contributed by atoms with Gasteiger partial charge in [0.15, 0.2) is 12.0 Å². The third-order valence-corrected chi connectivity index (χ3v) is 5.47. The molecule has 6 heterocycles. The van der Waals surface area contributed by atoms with Gasteiger partial charge in [-0.25, -0.2) is 14.5 Å². The highest BCUT2D eigenvalue weighted by Gasteiger charge is 2.40. The Morgan fingerprint density at radius 2 is 2.15 bits per heavy atom. The fraction of sp³-hybridized carbons (Fsp3) is 0.611. The summed E-state index contributed by atoms with van der Waals surface area (Å²) in [6.45, 7) is 2.42. The molecule has 4 fully saturated rings. The number of ether oxygens (including phenoxy) is 3. The van der Waals surface area contributed by atoms with Crippen LogP contribution in [0.25, 0.3) is 10.9 Å². The number of aromatic nitrogens is 3. The van der Waals surface area contributed by atoms with Gasteiger partial charge in [0.1, 0.15) is 5.82 Å². The first-order chi connectivity index (χ1) is 13.2. The molecule has 2 bridgehead atoms. The molecule has 0 radical (unpaired) electrons. The van der Waals surface area contributed by atoms with Gasteiger partial charge in [-0.15, -0.1) is 0 Å². The van der Waals surface area contributed by atoms with Crippen LogP contribution in [0.5, 0.6) is 0 Å². The molecule has 27 heavy (non-hydrogen) atoms. The maximum Gasteiger partial charge on any atom is 0.412 e. The second kappa shape index (κ2) is 6.65. The van der Waals surface area contributed by atoms with Gasteiger partial charge in [0, 0.05) is 38.4 Å². The summed E-state index contributed by atoms with van der Waals surface area (Å²) in [6.07, 6.45) is 5.95. The molecular formula is C18H23N5O4. The lowest BCUT2D eigenvalue weighted by Crippen LogP contribution is -2.57. The minimum atomic E-state index is -0.546. The molecule has 2 aromatic rings. The lowest BCUT2D eigenvalue weighted by molar-refractivity contribution is -0.133. The van der Waals surface area contributed by atoms with Crippen LogP contribution in [0, 0.1) is 0 Å². The quantitative estimate of drug-likeness (QED) is 0.883. The van der Waals surface area contributed by atoms with Gasteiger partial charge in [-0.05, 0) is 19.3 Å². The number of hydrogen-bond acceptors (Lipinski definition) is 7. The zero-order valence-electron chi connectivity index (χ0n) is 15.3. The SMILES string of the molecule is COC(=O)Nc1cc2c(cn1)c(N1CC3CC(C1)O3)nn2C1CCCCO1. The van der Waals surface area contributed by atoms with E-state index in [0.717, 1.165) is 62.1 Å². The smallest absolute Gasteiger partial charge is 0.412 e. The van der Waals surface area contributed by atoms with Crippen LogP contribution in [0.15, 0.2) is 12.3 Å². The van der Waals surface area contributed by atoms with E-state index in [0.29, 0.717) is 18.0 Å². The number of anilines is 2. The Balaban J connectivity index is 1.54. The van der Waals surface area contributed by atoms with E-state index in [1.165, 1.54) is 7.11 Å². The van der Waals surface area contributed by atoms with E-state index in [-0.39, 0.29) is 6.23 Å². The van der Waals surface area contributed by atoms with Gasteiger partial charge < -0.3 is 19.1 Å². The molecule has 3 atom stereocenters. The lowest BCUT2D eigenvalue weighted by atomic mass is 9.99. The number of carbonyl (C=O) groups is 1. The van der Waals surface area contributed by atoms with Gasteiger partial charge in [-0.3, -0.25) is 5.32 Å². The summed E-state index contributed by atoms with van der Waals surface area (Å²) < 4.78 is 18.3. The zero-order valence-corrected chi connectivity index (χ0v) is 15.3. The molecular weight excluding hydrogens is 350 g/mol. The Morgan fingerprint density at radius 3 is 2.85 bits per heavy atom. The zero-order chi connectivity index (χ0) is 18.4. The average molecular weight is 373 g/mol. The fourth-order valence-electron chi connectivity index (χ4n) is 4.14. The predicted molar refractivity (Wildman–Crippen MR) is 97.9 cm³/mol. The van der Waals surface area contributed by atoms with Crippen molar-refractivity contribution >= 4 is 28.6 Å². The number of amides is 1. The summed E-state index contributed by atoms with van der Waals surface area (Å²) in [7, 11) is 1.33. The number of carbonyl (C=O) groups excluding carboxylic acids is 1. The monoisotopic (exact) mass is 373 g/mol. The molecule has 144 valence electrons. The van der Waals surface area contributed by atoms with Gasteiger partial charge >= 0.3 is 6.09 Å². The molecule has 1 amide bonds. The molecule has 6 rings (SSSR count). The second-order valence-corrected chi connectivity index (χ2v) is 7.31. The molecule has 3 unspecified atom stereocenters. The van der Waals surface area contributed by atoms with Crippen LogP contribution in [0.4, 0.5) is 16.4 Å². The van der Waals surface area contributed by atoms with Crippen LogP contribution in [0.1, 0.15) is 31.9 Å². The van der Waals surface area contributed by atoms with Gasteiger partial charge in [-0.2, -0.15) is 5.10 Å². The van der Waals surface area contributed by atoms with Crippen molar-refractivity contribution < 1.29 is 19.0 Å². The number of hydrogen-bond donors (Lipinski definition) is 1. The highest BCUT2D eigenvalue weighted by Crippen LogP contribution is 2.36. The van der Waals surface area contributed by atoms with E-state index in [1.807, 2.05) is 10.7 Å². The molecule has 0 spiro atoms. The van der Waals surface area contributed by atoms with Crippen molar-refractivity contribution in [1.29, 1.82) is 0 Å². The largest absolute Gasteiger partial charge is 0.453 e. The van der Waals surface area contributed by atoms with Crippen LogP contribution in [0.3, 0.4) is 0 Å². The van der Waals surface area contributed by atoms with Crippen molar-refractivity contribution in [3.63, 3.8) is 0 Å². The third-order valence-electron chi connectivity index (χ3n) is 5.47. The van der Waals surface area contributed by atoms with Gasteiger partial charge in [0.25, 0.3) is 0 Å². The summed E-state index contributed by atoms with van der Waals surface area (Å²) in [5.41, 5.74) is 0.901. The Labute approximate surface area is 156 Å². The van der Waals surface area contributed by atoms with Gasteiger partial charge in [0.2, 0.25) is 0 Å². The maximum atomic E-state index is 11.6. The third kappa shape index (κ3) is 3.00. The predicted octanol–water partition coefficient (Wildman–Crippen LogP) is 2.29. The van der Waals surface area contributed by atoms with E-state index < -0.39 is 6.09 Å². The summed E-state index contributed by atoms with van der Waals surface area (Å²) in [4.78, 5) is 18.2. The Bertz CT molecular complexity index is 847. The van der Waals surface area contributed by atoms with Gasteiger partial charge in [-0.1, -0.05) is 0 Å². The molecule has 9 nitrogen and oxygen atoms in total. The highest BCUT2D eigenvalue weighted by atomic mass is 16.5. The highest BCUT2D eigenvalue weighted by molar-refractivity contribution is 5.93. The standard InChI is InChI=1S/C18H23N5O4/c1-25-18(24)20-15-7-14-13(8-19-15)17(22-9-11-6-12(10-22)27-11)21-23(14)16-4-2-3-5-26-16/h7-8,11-12,16H,2-6,9-10H2,1H3,(H,19,20,24). The van der Waals surface area contributed by atoms with E-state index in [9.17, 15) is 4.79 Å². The number of methoxy groups -OCH3 is 1. The first kappa shape index (κ1) is 16.8. The Kier molecular flexibility index (Phi) is 4.13. The number of piperidine rings is 1. The first-order valence-corrected chi connectivity index (χ1v) is 9.46. The van der Waals surface area contributed by atoms with Crippen molar-refractivity contribution in [1.82, 2.24) is 14.8 Å². The van der Waals surface area contributed by atoms with E-state index in [4.69, 9.17) is 14.6 Å². The topological polar surface area (TPSA) is 90.7 Å². The molecule has 1 N–H and O–H groups in total. The molecule has 0 aromatic carbocycles. The number of pyridine rings is 1. The molecule has 2 aromatic heterocycles. The summed E-state index contributed by atoms with van der Waals surface area (Å²) in [6, 6.07) is 1.84. The number of rotatable bonds is 3. The van der Waals surface area contributed by atoms with Crippen LogP contribution in [0.2, 0.25) is 0 Å². The van der Waals surface area contributed by atoms with Crippen molar-refractivity contribution in [3.05, 3.63) is 12.3 Å². The summed E-state index contributed by atoms with van der Waals surface area (Å²) in [5.74, 6) is 1.34. The lowest BCUT2D eigenvalue weighted by Gasteiger charge is -2.47. The number of nitrogens with zero attached hydrogens (tertiary/aromatic N) is 4. The summed E-state index contributed by atoms with van der Waals surface area (Å²) >= 11 is 0. The first-order valence-electron chi connectivity index (χ1n) is 9.46. The minimum Gasteiger partial charge on any atom is -0.453 e. The fourth-order valence-corrected chi connectivity index (χ4v) is 4.14. The normalized spacial score (nSPS) is 27.3. The molecule has 0 saturated carbocycles. The van der Waals surface area contributed by atoms with Crippen LogP contribution >= 0.6 is 0 Å². The van der Waals surface area contributed by atoms with Crippen LogP contribution < -0.4 is 10.2 Å². The molecule has 4 saturated heterocycles. The minimum absolute atomic E-state index is 0.0982. The summed E-state index contributed by atoms with van der Waals surface area (Å²) in [5, 5.41) is 8.50. The number of fused-ring (bicyclic) bond motifs is 3. The van der Waals surface area contributed by atoms with Gasteiger partial charge in [0.05, 0.1) is 30.2 Å². The van der Waals surface area contributed by atoms with Crippen molar-refractivity contribution in [2.24, 2.45) is 0 Å².